The standard InChI is InChI=1S/C17H23BO4/c1-16(2)17(3,4)22-18(21-16)12-8-9-13-20-15(19)14-10-6-5-7-11-14/h5-8,10-12H,9,13H2,1-4H3. The van der Waals surface area contributed by atoms with E-state index in [1.807, 2.05) is 57.9 Å². The molecule has 22 heavy (non-hydrogen) atoms. The number of rotatable bonds is 5. The van der Waals surface area contributed by atoms with E-state index in [0.717, 1.165) is 0 Å². The molecule has 0 aliphatic carbocycles. The molecule has 0 spiro atoms. The molecule has 4 nitrogen and oxygen atoms in total. The van der Waals surface area contributed by atoms with Gasteiger partial charge in [-0.1, -0.05) is 30.3 Å². The summed E-state index contributed by atoms with van der Waals surface area (Å²) in [4.78, 5) is 11.7. The number of hydrogen-bond donors (Lipinski definition) is 0. The first kappa shape index (κ1) is 16.8. The van der Waals surface area contributed by atoms with Gasteiger partial charge in [-0.3, -0.25) is 0 Å². The largest absolute Gasteiger partial charge is 0.486 e. The van der Waals surface area contributed by atoms with Crippen LogP contribution in [-0.4, -0.2) is 30.9 Å². The molecule has 1 aromatic carbocycles. The lowest BCUT2D eigenvalue weighted by atomic mass is 9.90. The highest BCUT2D eigenvalue weighted by Crippen LogP contribution is 2.36. The Labute approximate surface area is 132 Å². The lowest BCUT2D eigenvalue weighted by Gasteiger charge is -2.32. The Morgan fingerprint density at radius 2 is 1.73 bits per heavy atom. The minimum atomic E-state index is -0.352. The summed E-state index contributed by atoms with van der Waals surface area (Å²) >= 11 is 0. The maximum Gasteiger partial charge on any atom is 0.486 e. The predicted octanol–water partition coefficient (Wildman–Crippen LogP) is 3.42. The van der Waals surface area contributed by atoms with E-state index in [4.69, 9.17) is 14.0 Å². The van der Waals surface area contributed by atoms with E-state index in [2.05, 4.69) is 0 Å². The van der Waals surface area contributed by atoms with Gasteiger partial charge in [0.1, 0.15) is 0 Å². The smallest absolute Gasteiger partial charge is 0.462 e. The summed E-state index contributed by atoms with van der Waals surface area (Å²) < 4.78 is 16.9. The summed E-state index contributed by atoms with van der Waals surface area (Å²) in [5.74, 6) is 1.57. The third-order valence-electron chi connectivity index (χ3n) is 4.09. The van der Waals surface area contributed by atoms with Crippen LogP contribution in [0.2, 0.25) is 0 Å². The number of benzene rings is 1. The zero-order valence-corrected chi connectivity index (χ0v) is 13.7. The molecule has 0 N–H and O–H groups in total. The summed E-state index contributed by atoms with van der Waals surface area (Å²) in [6.07, 6.45) is 2.54. The van der Waals surface area contributed by atoms with Gasteiger partial charge in [0.2, 0.25) is 0 Å². The first-order valence-corrected chi connectivity index (χ1v) is 7.56. The molecular weight excluding hydrogens is 279 g/mol. The minimum Gasteiger partial charge on any atom is -0.462 e. The van der Waals surface area contributed by atoms with Crippen molar-refractivity contribution in [3.8, 4) is 0 Å². The summed E-state index contributed by atoms with van der Waals surface area (Å²) in [5.41, 5.74) is -0.0961. The highest BCUT2D eigenvalue weighted by atomic mass is 16.7. The van der Waals surface area contributed by atoms with Crippen LogP contribution in [0.5, 0.6) is 0 Å². The van der Waals surface area contributed by atoms with Gasteiger partial charge in [-0.05, 0) is 46.2 Å². The molecule has 1 saturated heterocycles. The van der Waals surface area contributed by atoms with Crippen LogP contribution in [-0.2, 0) is 14.0 Å². The molecule has 1 aromatic rings. The van der Waals surface area contributed by atoms with Gasteiger partial charge in [0.25, 0.3) is 0 Å². The quantitative estimate of drug-likeness (QED) is 0.475. The normalized spacial score (nSPS) is 19.5. The first-order valence-electron chi connectivity index (χ1n) is 7.56. The maximum atomic E-state index is 11.7. The zero-order chi connectivity index (χ0) is 16.2. The molecule has 0 amide bonds. The van der Waals surface area contributed by atoms with Gasteiger partial charge in [-0.2, -0.15) is 0 Å². The number of carbonyl (C=O) groups is 1. The Bertz CT molecular complexity index is 521. The molecule has 0 bridgehead atoms. The van der Waals surface area contributed by atoms with Gasteiger partial charge in [0.05, 0.1) is 23.4 Å². The van der Waals surface area contributed by atoms with Gasteiger partial charge < -0.3 is 14.0 Å². The van der Waals surface area contributed by atoms with Crippen molar-refractivity contribution in [1.29, 1.82) is 0 Å². The van der Waals surface area contributed by atoms with Gasteiger partial charge in [0, 0.05) is 0 Å². The Morgan fingerprint density at radius 1 is 1.14 bits per heavy atom. The van der Waals surface area contributed by atoms with Crippen LogP contribution >= 0.6 is 0 Å². The average Bonchev–Trinajstić information content (AvgIpc) is 2.67. The van der Waals surface area contributed by atoms with Crippen LogP contribution in [0.1, 0.15) is 44.5 Å². The fourth-order valence-corrected chi connectivity index (χ4v) is 2.05. The van der Waals surface area contributed by atoms with Crippen molar-refractivity contribution in [3.63, 3.8) is 0 Å². The van der Waals surface area contributed by atoms with Gasteiger partial charge in [0.15, 0.2) is 0 Å². The summed E-state index contributed by atoms with van der Waals surface area (Å²) in [6, 6.07) is 8.97. The Balaban J connectivity index is 1.73. The van der Waals surface area contributed by atoms with E-state index in [9.17, 15) is 4.79 Å². The number of carbonyl (C=O) groups excluding carboxylic acids is 1. The number of esters is 1. The molecule has 0 aromatic heterocycles. The van der Waals surface area contributed by atoms with E-state index in [0.29, 0.717) is 18.6 Å². The highest BCUT2D eigenvalue weighted by molar-refractivity contribution is 6.51. The third-order valence-corrected chi connectivity index (χ3v) is 4.09. The molecule has 118 valence electrons. The molecule has 1 aliphatic rings. The van der Waals surface area contributed by atoms with Gasteiger partial charge >= 0.3 is 13.1 Å². The van der Waals surface area contributed by atoms with E-state index >= 15 is 0 Å². The molecule has 0 saturated carbocycles. The molecule has 0 radical (unpaired) electrons. The van der Waals surface area contributed by atoms with E-state index in [1.165, 1.54) is 0 Å². The van der Waals surface area contributed by atoms with Crippen LogP contribution in [0, 0.1) is 0 Å². The molecule has 2 rings (SSSR count). The van der Waals surface area contributed by atoms with E-state index in [1.54, 1.807) is 12.1 Å². The molecular formula is C17H23BO4. The van der Waals surface area contributed by atoms with Gasteiger partial charge in [-0.25, -0.2) is 4.79 Å². The van der Waals surface area contributed by atoms with Crippen LogP contribution in [0.4, 0.5) is 0 Å². The SMILES string of the molecule is CC1(C)OB(C=CCCOC(=O)c2ccccc2)OC1(C)C. The monoisotopic (exact) mass is 302 g/mol. The summed E-state index contributed by atoms with van der Waals surface area (Å²) in [7, 11) is -0.352. The zero-order valence-electron chi connectivity index (χ0n) is 13.7. The topological polar surface area (TPSA) is 44.8 Å². The van der Waals surface area contributed by atoms with Crippen molar-refractivity contribution < 1.29 is 18.8 Å². The maximum absolute atomic E-state index is 11.7. The van der Waals surface area contributed by atoms with E-state index in [-0.39, 0.29) is 24.3 Å². The Morgan fingerprint density at radius 3 is 2.32 bits per heavy atom. The number of ether oxygens (including phenoxy) is 1. The van der Waals surface area contributed by atoms with Crippen molar-refractivity contribution in [2.45, 2.75) is 45.3 Å². The molecule has 5 heteroatoms. The second-order valence-corrected chi connectivity index (χ2v) is 6.34. The summed E-state index contributed by atoms with van der Waals surface area (Å²) in [5, 5.41) is 0. The van der Waals surface area contributed by atoms with Crippen molar-refractivity contribution in [1.82, 2.24) is 0 Å². The lowest BCUT2D eigenvalue weighted by Crippen LogP contribution is -2.41. The first-order chi connectivity index (χ1) is 10.3. The van der Waals surface area contributed by atoms with Crippen LogP contribution in [0.25, 0.3) is 0 Å². The Kier molecular flexibility index (Phi) is 5.09. The third kappa shape index (κ3) is 3.99. The van der Waals surface area contributed by atoms with Crippen molar-refractivity contribution >= 4 is 13.1 Å². The lowest BCUT2D eigenvalue weighted by molar-refractivity contribution is 0.00578. The van der Waals surface area contributed by atoms with Crippen LogP contribution in [0.15, 0.2) is 42.4 Å². The van der Waals surface area contributed by atoms with Gasteiger partial charge in [-0.15, -0.1) is 0 Å². The van der Waals surface area contributed by atoms with E-state index < -0.39 is 0 Å². The second-order valence-electron chi connectivity index (χ2n) is 6.34. The average molecular weight is 302 g/mol. The second kappa shape index (κ2) is 6.67. The van der Waals surface area contributed by atoms with Crippen LogP contribution < -0.4 is 0 Å². The molecule has 1 heterocycles. The minimum absolute atomic E-state index is 0.301. The van der Waals surface area contributed by atoms with Crippen molar-refractivity contribution in [2.75, 3.05) is 6.61 Å². The van der Waals surface area contributed by atoms with Crippen LogP contribution in [0.3, 0.4) is 0 Å². The highest BCUT2D eigenvalue weighted by Gasteiger charge is 2.49. The molecule has 0 atom stereocenters. The van der Waals surface area contributed by atoms with Crippen molar-refractivity contribution in [2.24, 2.45) is 0 Å². The Hall–Kier alpha value is -1.59. The molecule has 1 fully saturated rings. The number of hydrogen-bond acceptors (Lipinski definition) is 4. The summed E-state index contributed by atoms with van der Waals surface area (Å²) in [6.45, 7) is 8.40. The fraction of sp³-hybridized carbons (Fsp3) is 0.471. The predicted molar refractivity (Wildman–Crippen MR) is 86.6 cm³/mol. The van der Waals surface area contributed by atoms with Crippen molar-refractivity contribution in [3.05, 3.63) is 47.9 Å². The molecule has 1 aliphatic heterocycles. The fourth-order valence-electron chi connectivity index (χ4n) is 2.05. The molecule has 0 unspecified atom stereocenters.